The van der Waals surface area contributed by atoms with Crippen molar-refractivity contribution in [3.8, 4) is 5.69 Å². The second-order valence-corrected chi connectivity index (χ2v) is 8.75. The van der Waals surface area contributed by atoms with Crippen molar-refractivity contribution in [2.24, 2.45) is 0 Å². The number of aliphatic hydroxyl groups excluding tert-OH is 1. The van der Waals surface area contributed by atoms with Gasteiger partial charge in [-0.05, 0) is 24.6 Å². The highest BCUT2D eigenvalue weighted by atomic mass is 16.5. The van der Waals surface area contributed by atoms with Crippen LogP contribution in [-0.2, 0) is 14.3 Å². The highest BCUT2D eigenvalue weighted by Gasteiger charge is 2.46. The van der Waals surface area contributed by atoms with Crippen LogP contribution >= 0.6 is 0 Å². The molecule has 3 heterocycles. The third-order valence-electron chi connectivity index (χ3n) is 6.68. The van der Waals surface area contributed by atoms with Crippen LogP contribution in [0.5, 0.6) is 0 Å². The van der Waals surface area contributed by atoms with Gasteiger partial charge in [0, 0.05) is 26.2 Å². The van der Waals surface area contributed by atoms with Crippen molar-refractivity contribution in [1.82, 2.24) is 19.6 Å². The number of likely N-dealkylation sites (tertiary alicyclic amines) is 1. The Hall–Kier alpha value is -3.75. The quantitative estimate of drug-likeness (QED) is 0.337. The zero-order valence-corrected chi connectivity index (χ0v) is 19.6. The molecule has 180 valence electrons. The number of para-hydroxylation sites is 1. The average Bonchev–Trinajstić information content (AvgIpc) is 3.41. The molecule has 0 radical (unpaired) electrons. The van der Waals surface area contributed by atoms with Crippen LogP contribution < -0.4 is 0 Å². The number of carbonyl (C=O) groups is 2. The fourth-order valence-electron chi connectivity index (χ4n) is 4.78. The van der Waals surface area contributed by atoms with Gasteiger partial charge >= 0.3 is 0 Å². The van der Waals surface area contributed by atoms with Crippen LogP contribution in [0, 0.1) is 6.92 Å². The van der Waals surface area contributed by atoms with E-state index in [2.05, 4.69) is 10.00 Å². The van der Waals surface area contributed by atoms with Crippen LogP contribution in [0.1, 0.15) is 22.9 Å². The third-order valence-corrected chi connectivity index (χ3v) is 6.68. The summed E-state index contributed by atoms with van der Waals surface area (Å²) >= 11 is 0. The number of carbonyl (C=O) groups excluding carboxylic acids is 2. The number of amides is 1. The summed E-state index contributed by atoms with van der Waals surface area (Å²) in [4.78, 5) is 30.3. The molecule has 35 heavy (non-hydrogen) atoms. The van der Waals surface area contributed by atoms with Gasteiger partial charge in [0.2, 0.25) is 0 Å². The molecule has 8 heteroatoms. The molecule has 0 bridgehead atoms. The zero-order chi connectivity index (χ0) is 24.4. The molecule has 2 aliphatic heterocycles. The molecule has 0 saturated carbocycles. The van der Waals surface area contributed by atoms with Gasteiger partial charge in [-0.3, -0.25) is 14.5 Å². The molecule has 8 nitrogen and oxygen atoms in total. The van der Waals surface area contributed by atoms with Gasteiger partial charge in [-0.25, -0.2) is 4.68 Å². The van der Waals surface area contributed by atoms with Crippen molar-refractivity contribution < 1.29 is 19.4 Å². The number of hydrogen-bond acceptors (Lipinski definition) is 6. The summed E-state index contributed by atoms with van der Waals surface area (Å²) in [7, 11) is 0. The number of Topliss-reactive ketones (excluding diaryl/α,β-unsaturated/α-hetero) is 1. The molecular formula is C27H28N4O4. The number of rotatable bonds is 6. The Morgan fingerprint density at radius 3 is 2.34 bits per heavy atom. The molecule has 0 unspecified atom stereocenters. The van der Waals surface area contributed by atoms with Crippen LogP contribution in [0.4, 0.5) is 0 Å². The van der Waals surface area contributed by atoms with Gasteiger partial charge in [0.1, 0.15) is 5.76 Å². The molecule has 0 aliphatic carbocycles. The number of ketones is 1. The predicted molar refractivity (Wildman–Crippen MR) is 131 cm³/mol. The van der Waals surface area contributed by atoms with E-state index in [0.717, 1.165) is 24.3 Å². The summed E-state index contributed by atoms with van der Waals surface area (Å²) in [6.45, 7) is 5.74. The Bertz CT molecular complexity index is 1250. The number of aliphatic hydroxyl groups is 1. The summed E-state index contributed by atoms with van der Waals surface area (Å²) in [5.74, 6) is -1.47. The molecule has 0 spiro atoms. The number of hydrogen-bond donors (Lipinski definition) is 1. The van der Waals surface area contributed by atoms with Gasteiger partial charge < -0.3 is 14.7 Å². The van der Waals surface area contributed by atoms with E-state index in [1.807, 2.05) is 67.6 Å². The number of aromatic nitrogens is 2. The number of ether oxygens (including phenoxy) is 1. The van der Waals surface area contributed by atoms with Crippen molar-refractivity contribution in [2.75, 3.05) is 39.4 Å². The zero-order valence-electron chi connectivity index (χ0n) is 19.6. The second kappa shape index (κ2) is 9.85. The summed E-state index contributed by atoms with van der Waals surface area (Å²) in [5, 5.41) is 15.8. The molecule has 2 aliphatic rings. The number of morpholine rings is 1. The van der Waals surface area contributed by atoms with E-state index in [1.54, 1.807) is 15.8 Å². The number of nitrogens with zero attached hydrogens (tertiary/aromatic N) is 4. The first kappa shape index (κ1) is 23.0. The minimum atomic E-state index is -0.676. The highest BCUT2D eigenvalue weighted by molar-refractivity contribution is 6.46. The van der Waals surface area contributed by atoms with Gasteiger partial charge in [0.25, 0.3) is 11.7 Å². The first-order valence-electron chi connectivity index (χ1n) is 11.8. The van der Waals surface area contributed by atoms with Crippen LogP contribution in [0.25, 0.3) is 11.4 Å². The summed E-state index contributed by atoms with van der Waals surface area (Å²) in [6, 6.07) is 18.3. The van der Waals surface area contributed by atoms with E-state index < -0.39 is 17.7 Å². The van der Waals surface area contributed by atoms with Crippen molar-refractivity contribution >= 4 is 17.4 Å². The molecule has 2 fully saturated rings. The first-order valence-corrected chi connectivity index (χ1v) is 11.8. The summed E-state index contributed by atoms with van der Waals surface area (Å²) in [5.41, 5.74) is 2.83. The largest absolute Gasteiger partial charge is 0.507 e. The monoisotopic (exact) mass is 472 g/mol. The standard InChI is InChI=1S/C27H28N4O4/c1-19-22(18-28-31(19)21-10-6-3-7-11-21)25(32)23-24(20-8-4-2-5-9-20)30(27(34)26(23)33)13-12-29-14-16-35-17-15-29/h2-11,18,24,32H,12-17H2,1H3/t24-/m1/s1. The molecule has 5 rings (SSSR count). The smallest absolute Gasteiger partial charge is 0.295 e. The second-order valence-electron chi connectivity index (χ2n) is 8.75. The first-order chi connectivity index (χ1) is 17.1. The summed E-state index contributed by atoms with van der Waals surface area (Å²) < 4.78 is 7.13. The summed E-state index contributed by atoms with van der Waals surface area (Å²) in [6.07, 6.45) is 1.54. The van der Waals surface area contributed by atoms with E-state index in [1.165, 1.54) is 0 Å². The molecule has 1 N–H and O–H groups in total. The Kier molecular flexibility index (Phi) is 6.48. The third kappa shape index (κ3) is 4.38. The predicted octanol–water partition coefficient (Wildman–Crippen LogP) is 2.93. The lowest BCUT2D eigenvalue weighted by Crippen LogP contribution is -2.42. The Morgan fingerprint density at radius 2 is 1.66 bits per heavy atom. The minimum Gasteiger partial charge on any atom is -0.507 e. The Balaban J connectivity index is 1.54. The average molecular weight is 473 g/mol. The molecular weight excluding hydrogens is 444 g/mol. The maximum Gasteiger partial charge on any atom is 0.295 e. The van der Waals surface area contributed by atoms with Gasteiger partial charge in [-0.1, -0.05) is 48.5 Å². The van der Waals surface area contributed by atoms with Crippen LogP contribution in [0.2, 0.25) is 0 Å². The van der Waals surface area contributed by atoms with E-state index in [9.17, 15) is 14.7 Å². The lowest BCUT2D eigenvalue weighted by atomic mass is 9.95. The minimum absolute atomic E-state index is 0.0962. The molecule has 2 saturated heterocycles. The normalized spacial score (nSPS) is 20.5. The maximum atomic E-state index is 13.3. The van der Waals surface area contributed by atoms with Gasteiger partial charge in [-0.2, -0.15) is 5.10 Å². The SMILES string of the molecule is Cc1c(C(O)=C2C(=O)C(=O)N(CCN3CCOCC3)[C@@H]2c2ccccc2)cnn1-c1ccccc1. The molecule has 2 aromatic carbocycles. The van der Waals surface area contributed by atoms with Crippen LogP contribution in [0.15, 0.2) is 72.4 Å². The molecule has 1 atom stereocenters. The van der Waals surface area contributed by atoms with E-state index in [0.29, 0.717) is 37.6 Å². The van der Waals surface area contributed by atoms with Gasteiger partial charge in [0.05, 0.1) is 48.0 Å². The fourth-order valence-corrected chi connectivity index (χ4v) is 4.78. The maximum absolute atomic E-state index is 13.3. The number of benzene rings is 2. The lowest BCUT2D eigenvalue weighted by Gasteiger charge is -2.31. The van der Waals surface area contributed by atoms with Crippen molar-refractivity contribution in [1.29, 1.82) is 0 Å². The van der Waals surface area contributed by atoms with Crippen molar-refractivity contribution in [3.05, 3.63) is 89.3 Å². The van der Waals surface area contributed by atoms with Crippen molar-refractivity contribution in [3.63, 3.8) is 0 Å². The van der Waals surface area contributed by atoms with E-state index in [-0.39, 0.29) is 11.3 Å². The van der Waals surface area contributed by atoms with Crippen LogP contribution in [-0.4, -0.2) is 75.8 Å². The van der Waals surface area contributed by atoms with E-state index >= 15 is 0 Å². The topological polar surface area (TPSA) is 87.9 Å². The van der Waals surface area contributed by atoms with Crippen LogP contribution in [0.3, 0.4) is 0 Å². The highest BCUT2D eigenvalue weighted by Crippen LogP contribution is 2.39. The molecule has 3 aromatic rings. The lowest BCUT2D eigenvalue weighted by molar-refractivity contribution is -0.140. The van der Waals surface area contributed by atoms with Crippen molar-refractivity contribution in [2.45, 2.75) is 13.0 Å². The molecule has 1 aromatic heterocycles. The van der Waals surface area contributed by atoms with E-state index in [4.69, 9.17) is 4.74 Å². The molecule has 1 amide bonds. The van der Waals surface area contributed by atoms with Gasteiger partial charge in [0.15, 0.2) is 0 Å². The van der Waals surface area contributed by atoms with Gasteiger partial charge in [-0.15, -0.1) is 0 Å². The fraction of sp³-hybridized carbons (Fsp3) is 0.296. The Labute approximate surface area is 204 Å². The Morgan fingerprint density at radius 1 is 1.00 bits per heavy atom.